The van der Waals surface area contributed by atoms with Crippen LogP contribution in [-0.2, 0) is 4.79 Å². The van der Waals surface area contributed by atoms with E-state index < -0.39 is 11.4 Å². The molecule has 7 nitrogen and oxygen atoms in total. The SMILES string of the molecule is COc1ccc(-c2oc3ccccc3c(=O)c2OC(=O)C=Cc2ccc(OC)c(OC)c2)cc1Br. The van der Waals surface area contributed by atoms with E-state index in [9.17, 15) is 9.59 Å². The monoisotopic (exact) mass is 536 g/mol. The van der Waals surface area contributed by atoms with Gasteiger partial charge in [-0.3, -0.25) is 4.79 Å². The number of methoxy groups -OCH3 is 3. The highest BCUT2D eigenvalue weighted by Crippen LogP contribution is 2.35. The number of carbonyl (C=O) groups is 1. The summed E-state index contributed by atoms with van der Waals surface area (Å²) in [7, 11) is 4.62. The smallest absolute Gasteiger partial charge is 0.336 e. The van der Waals surface area contributed by atoms with Crippen molar-refractivity contribution in [1.29, 1.82) is 0 Å². The molecule has 1 heterocycles. The Hall–Kier alpha value is -4.04. The number of ether oxygens (including phenoxy) is 4. The minimum Gasteiger partial charge on any atom is -0.496 e. The molecule has 0 radical (unpaired) electrons. The normalized spacial score (nSPS) is 11.0. The van der Waals surface area contributed by atoms with Crippen LogP contribution in [-0.4, -0.2) is 27.3 Å². The van der Waals surface area contributed by atoms with E-state index in [2.05, 4.69) is 15.9 Å². The third-order valence-corrected chi connectivity index (χ3v) is 5.81. The van der Waals surface area contributed by atoms with Gasteiger partial charge in [0.1, 0.15) is 11.3 Å². The van der Waals surface area contributed by atoms with E-state index in [1.165, 1.54) is 13.2 Å². The maximum atomic E-state index is 13.3. The number of carbonyl (C=O) groups excluding carboxylic acids is 1. The van der Waals surface area contributed by atoms with E-state index in [1.54, 1.807) is 81.0 Å². The van der Waals surface area contributed by atoms with Crippen molar-refractivity contribution in [1.82, 2.24) is 0 Å². The average Bonchev–Trinajstić information content (AvgIpc) is 2.88. The minimum absolute atomic E-state index is 0.130. The highest BCUT2D eigenvalue weighted by molar-refractivity contribution is 9.10. The van der Waals surface area contributed by atoms with Crippen LogP contribution in [0.4, 0.5) is 0 Å². The molecule has 4 aromatic rings. The van der Waals surface area contributed by atoms with Crippen LogP contribution in [0.1, 0.15) is 5.56 Å². The summed E-state index contributed by atoms with van der Waals surface area (Å²) in [5.41, 5.74) is 1.14. The summed E-state index contributed by atoms with van der Waals surface area (Å²) >= 11 is 3.44. The van der Waals surface area contributed by atoms with Gasteiger partial charge < -0.3 is 23.4 Å². The molecule has 0 unspecified atom stereocenters. The van der Waals surface area contributed by atoms with Crippen molar-refractivity contribution in [3.8, 4) is 34.3 Å². The van der Waals surface area contributed by atoms with E-state index in [0.29, 0.717) is 43.8 Å². The van der Waals surface area contributed by atoms with Gasteiger partial charge in [-0.2, -0.15) is 0 Å². The second-order valence-corrected chi connectivity index (χ2v) is 8.16. The number of hydrogen-bond acceptors (Lipinski definition) is 7. The first-order valence-electron chi connectivity index (χ1n) is 10.5. The number of esters is 1. The number of halogens is 1. The third kappa shape index (κ3) is 5.07. The topological polar surface area (TPSA) is 84.2 Å². The van der Waals surface area contributed by atoms with Gasteiger partial charge in [0.05, 0.1) is 31.2 Å². The first-order chi connectivity index (χ1) is 16.9. The van der Waals surface area contributed by atoms with Crippen LogP contribution in [0.2, 0.25) is 0 Å². The number of benzene rings is 3. The van der Waals surface area contributed by atoms with Gasteiger partial charge in [0, 0.05) is 11.6 Å². The molecule has 8 heteroatoms. The molecule has 0 bridgehead atoms. The molecule has 0 spiro atoms. The fraction of sp³-hybridized carbons (Fsp3) is 0.111. The Bertz CT molecular complexity index is 1490. The molecule has 0 amide bonds. The number of rotatable bonds is 7. The maximum absolute atomic E-state index is 13.3. The van der Waals surface area contributed by atoms with Crippen LogP contribution in [0.3, 0.4) is 0 Å². The van der Waals surface area contributed by atoms with E-state index in [0.717, 1.165) is 0 Å². The Morgan fingerprint density at radius 2 is 1.60 bits per heavy atom. The first kappa shape index (κ1) is 24.1. The third-order valence-electron chi connectivity index (χ3n) is 5.19. The minimum atomic E-state index is -0.740. The van der Waals surface area contributed by atoms with Crippen molar-refractivity contribution in [2.24, 2.45) is 0 Å². The zero-order valence-corrected chi connectivity index (χ0v) is 20.7. The second kappa shape index (κ2) is 10.5. The molecule has 1 aromatic heterocycles. The Labute approximate surface area is 209 Å². The molecule has 0 saturated heterocycles. The Kier molecular flexibility index (Phi) is 7.22. The van der Waals surface area contributed by atoms with E-state index in [-0.39, 0.29) is 11.5 Å². The van der Waals surface area contributed by atoms with Gasteiger partial charge in [-0.15, -0.1) is 0 Å². The second-order valence-electron chi connectivity index (χ2n) is 7.30. The highest BCUT2D eigenvalue weighted by atomic mass is 79.9. The fourth-order valence-corrected chi connectivity index (χ4v) is 4.01. The van der Waals surface area contributed by atoms with Crippen LogP contribution in [0, 0.1) is 0 Å². The van der Waals surface area contributed by atoms with Gasteiger partial charge in [-0.1, -0.05) is 18.2 Å². The summed E-state index contributed by atoms with van der Waals surface area (Å²) in [5.74, 6) is 0.874. The lowest BCUT2D eigenvalue weighted by atomic mass is 10.1. The van der Waals surface area contributed by atoms with Crippen molar-refractivity contribution in [3.05, 3.63) is 87.0 Å². The van der Waals surface area contributed by atoms with Crippen molar-refractivity contribution in [3.63, 3.8) is 0 Å². The van der Waals surface area contributed by atoms with E-state index >= 15 is 0 Å². The summed E-state index contributed by atoms with van der Waals surface area (Å²) in [6, 6.07) is 17.1. The van der Waals surface area contributed by atoms with Crippen LogP contribution in [0.15, 0.2) is 80.4 Å². The van der Waals surface area contributed by atoms with Crippen LogP contribution >= 0.6 is 15.9 Å². The van der Waals surface area contributed by atoms with Crippen molar-refractivity contribution in [2.45, 2.75) is 0 Å². The first-order valence-corrected chi connectivity index (χ1v) is 11.3. The molecular formula is C27H21BrO7. The quantitative estimate of drug-likeness (QED) is 0.216. The molecular weight excluding hydrogens is 516 g/mol. The molecule has 178 valence electrons. The molecule has 4 rings (SSSR count). The lowest BCUT2D eigenvalue weighted by molar-refractivity contribution is -0.129. The summed E-state index contributed by atoms with van der Waals surface area (Å²) in [5, 5.41) is 0.301. The molecule has 3 aromatic carbocycles. The number of hydrogen-bond donors (Lipinski definition) is 0. The summed E-state index contributed by atoms with van der Waals surface area (Å²) in [6.45, 7) is 0. The molecule has 0 aliphatic heterocycles. The van der Waals surface area contributed by atoms with Crippen LogP contribution in [0.25, 0.3) is 28.4 Å². The van der Waals surface area contributed by atoms with Gasteiger partial charge in [0.15, 0.2) is 17.3 Å². The lowest BCUT2D eigenvalue weighted by Gasteiger charge is -2.11. The van der Waals surface area contributed by atoms with Gasteiger partial charge in [0.25, 0.3) is 0 Å². The summed E-state index contributed by atoms with van der Waals surface area (Å²) in [6.07, 6.45) is 2.78. The molecule has 0 aliphatic carbocycles. The van der Waals surface area contributed by atoms with Gasteiger partial charge >= 0.3 is 5.97 Å². The zero-order chi connectivity index (χ0) is 24.9. The van der Waals surface area contributed by atoms with E-state index in [4.69, 9.17) is 23.4 Å². The van der Waals surface area contributed by atoms with Crippen molar-refractivity contribution in [2.75, 3.05) is 21.3 Å². The lowest BCUT2D eigenvalue weighted by Crippen LogP contribution is -2.14. The van der Waals surface area contributed by atoms with Crippen molar-refractivity contribution < 1.29 is 28.2 Å². The molecule has 0 aliphatic rings. The molecule has 35 heavy (non-hydrogen) atoms. The Morgan fingerprint density at radius 3 is 2.31 bits per heavy atom. The molecule has 0 saturated carbocycles. The number of fused-ring (bicyclic) bond motifs is 1. The molecule has 0 N–H and O–H groups in total. The predicted molar refractivity (Wildman–Crippen MR) is 136 cm³/mol. The van der Waals surface area contributed by atoms with Crippen molar-refractivity contribution >= 4 is 38.9 Å². The Balaban J connectivity index is 1.73. The summed E-state index contributed by atoms with van der Waals surface area (Å²) < 4.78 is 28.0. The van der Waals surface area contributed by atoms with Gasteiger partial charge in [-0.25, -0.2) is 4.79 Å². The Morgan fingerprint density at radius 1 is 0.886 bits per heavy atom. The fourth-order valence-electron chi connectivity index (χ4n) is 3.47. The highest BCUT2D eigenvalue weighted by Gasteiger charge is 2.20. The molecule has 0 fully saturated rings. The maximum Gasteiger partial charge on any atom is 0.336 e. The standard InChI is InChI=1S/C27H21BrO7/c1-31-21-12-10-17(15-19(21)28)26-27(25(30)18-6-4-5-7-20(18)34-26)35-24(29)13-9-16-8-11-22(32-2)23(14-16)33-3/h4-15H,1-3H3. The predicted octanol–water partition coefficient (Wildman–Crippen LogP) is 5.87. The van der Waals surface area contributed by atoms with Crippen LogP contribution in [0.5, 0.6) is 23.0 Å². The average molecular weight is 537 g/mol. The molecule has 0 atom stereocenters. The summed E-state index contributed by atoms with van der Waals surface area (Å²) in [4.78, 5) is 26.0. The van der Waals surface area contributed by atoms with Gasteiger partial charge in [-0.05, 0) is 70.0 Å². The van der Waals surface area contributed by atoms with E-state index in [1.807, 2.05) is 0 Å². The number of para-hydroxylation sites is 1. The zero-order valence-electron chi connectivity index (χ0n) is 19.2. The van der Waals surface area contributed by atoms with Gasteiger partial charge in [0.2, 0.25) is 11.2 Å². The van der Waals surface area contributed by atoms with Crippen LogP contribution < -0.4 is 24.4 Å². The largest absolute Gasteiger partial charge is 0.496 e.